The number of halogens is 1. The van der Waals surface area contributed by atoms with Gasteiger partial charge in [-0.1, -0.05) is 6.07 Å². The maximum Gasteiger partial charge on any atom is 0.229 e. The number of amides is 3. The number of nitrogens with one attached hydrogen (secondary N) is 1. The van der Waals surface area contributed by atoms with E-state index in [1.54, 1.807) is 15.9 Å². The number of carbonyl (C=O) groups is 3. The van der Waals surface area contributed by atoms with Crippen molar-refractivity contribution in [3.8, 4) is 0 Å². The molecule has 7 heteroatoms. The molecule has 6 nitrogen and oxygen atoms in total. The zero-order valence-corrected chi connectivity index (χ0v) is 15.4. The van der Waals surface area contributed by atoms with Crippen LogP contribution in [0.5, 0.6) is 0 Å². The Morgan fingerprint density at radius 2 is 2.00 bits per heavy atom. The molecule has 1 saturated heterocycles. The number of hydrogen-bond acceptors (Lipinski definition) is 3. The summed E-state index contributed by atoms with van der Waals surface area (Å²) < 4.78 is 13.3. The third-order valence-electron chi connectivity index (χ3n) is 5.24. The van der Waals surface area contributed by atoms with Crippen LogP contribution < -0.4 is 15.1 Å². The van der Waals surface area contributed by atoms with E-state index < -0.39 is 11.7 Å². The Morgan fingerprint density at radius 3 is 2.75 bits per heavy atom. The lowest BCUT2D eigenvalue weighted by molar-refractivity contribution is -0.122. The van der Waals surface area contributed by atoms with E-state index in [4.69, 9.17) is 0 Å². The molecule has 3 amide bonds. The molecule has 4 rings (SSSR count). The van der Waals surface area contributed by atoms with E-state index in [1.165, 1.54) is 25.1 Å². The van der Waals surface area contributed by atoms with Gasteiger partial charge < -0.3 is 15.1 Å². The second-order valence-corrected chi connectivity index (χ2v) is 7.14. The van der Waals surface area contributed by atoms with Crippen molar-refractivity contribution in [3.05, 3.63) is 53.8 Å². The summed E-state index contributed by atoms with van der Waals surface area (Å²) in [7, 11) is 0. The smallest absolute Gasteiger partial charge is 0.229 e. The van der Waals surface area contributed by atoms with E-state index in [0.717, 1.165) is 23.4 Å². The number of anilines is 3. The molecule has 0 spiro atoms. The topological polar surface area (TPSA) is 69.7 Å². The predicted molar refractivity (Wildman–Crippen MR) is 104 cm³/mol. The Morgan fingerprint density at radius 1 is 1.18 bits per heavy atom. The minimum atomic E-state index is -0.502. The van der Waals surface area contributed by atoms with Gasteiger partial charge in [-0.05, 0) is 48.4 Å². The number of nitrogens with zero attached hydrogens (tertiary/aromatic N) is 2. The zero-order chi connectivity index (χ0) is 19.8. The lowest BCUT2D eigenvalue weighted by Gasteiger charge is -2.19. The van der Waals surface area contributed by atoms with Crippen LogP contribution in [0.25, 0.3) is 0 Å². The van der Waals surface area contributed by atoms with Gasteiger partial charge in [0.05, 0.1) is 5.92 Å². The van der Waals surface area contributed by atoms with Gasteiger partial charge in [0.1, 0.15) is 5.82 Å². The molecule has 0 aliphatic carbocycles. The van der Waals surface area contributed by atoms with Crippen LogP contribution in [0.4, 0.5) is 21.5 Å². The van der Waals surface area contributed by atoms with Crippen LogP contribution in [0.1, 0.15) is 18.9 Å². The van der Waals surface area contributed by atoms with Gasteiger partial charge in [0, 0.05) is 43.5 Å². The van der Waals surface area contributed by atoms with Crippen molar-refractivity contribution in [2.24, 2.45) is 5.92 Å². The first-order valence-electron chi connectivity index (χ1n) is 9.20. The second-order valence-electron chi connectivity index (χ2n) is 7.14. The number of carbonyl (C=O) groups excluding carboxylic acids is 3. The molecule has 144 valence electrons. The second kappa shape index (κ2) is 7.07. The summed E-state index contributed by atoms with van der Waals surface area (Å²) in [5.41, 5.74) is 3.00. The third-order valence-corrected chi connectivity index (χ3v) is 5.24. The van der Waals surface area contributed by atoms with Gasteiger partial charge in [0.25, 0.3) is 0 Å². The molecule has 0 unspecified atom stereocenters. The summed E-state index contributed by atoms with van der Waals surface area (Å²) in [6.45, 7) is 2.45. The Hall–Kier alpha value is -3.22. The lowest BCUT2D eigenvalue weighted by atomic mass is 10.1. The van der Waals surface area contributed by atoms with Crippen molar-refractivity contribution in [2.75, 3.05) is 28.2 Å². The van der Waals surface area contributed by atoms with Crippen LogP contribution in [0.15, 0.2) is 42.5 Å². The summed E-state index contributed by atoms with van der Waals surface area (Å²) in [5, 5.41) is 2.68. The van der Waals surface area contributed by atoms with Gasteiger partial charge in [-0.15, -0.1) is 0 Å². The maximum absolute atomic E-state index is 13.3. The van der Waals surface area contributed by atoms with E-state index in [9.17, 15) is 18.8 Å². The Balaban J connectivity index is 1.48. The Kier molecular flexibility index (Phi) is 4.58. The summed E-state index contributed by atoms with van der Waals surface area (Å²) in [6.07, 6.45) is 0.853. The normalized spacial score (nSPS) is 18.4. The van der Waals surface area contributed by atoms with Gasteiger partial charge in [-0.2, -0.15) is 0 Å². The Bertz CT molecular complexity index is 975. The van der Waals surface area contributed by atoms with Crippen LogP contribution in [0.2, 0.25) is 0 Å². The molecule has 0 saturated carbocycles. The average Bonchev–Trinajstić information content (AvgIpc) is 3.24. The van der Waals surface area contributed by atoms with Crippen molar-refractivity contribution >= 4 is 34.8 Å². The number of fused-ring (bicyclic) bond motifs is 1. The molecule has 1 fully saturated rings. The van der Waals surface area contributed by atoms with Crippen molar-refractivity contribution in [3.63, 3.8) is 0 Å². The fourth-order valence-corrected chi connectivity index (χ4v) is 3.83. The molecule has 0 bridgehead atoms. The fourth-order valence-electron chi connectivity index (χ4n) is 3.83. The molecular formula is C21H20FN3O3. The Labute approximate surface area is 161 Å². The van der Waals surface area contributed by atoms with Crippen LogP contribution >= 0.6 is 0 Å². The minimum Gasteiger partial charge on any atom is -0.326 e. The van der Waals surface area contributed by atoms with Crippen LogP contribution in [0, 0.1) is 11.7 Å². The van der Waals surface area contributed by atoms with E-state index in [-0.39, 0.29) is 30.7 Å². The first kappa shape index (κ1) is 18.2. The number of hydrogen-bond donors (Lipinski definition) is 1. The molecular weight excluding hydrogens is 361 g/mol. The predicted octanol–water partition coefficient (Wildman–Crippen LogP) is 2.73. The molecule has 2 aliphatic heterocycles. The van der Waals surface area contributed by atoms with Gasteiger partial charge in [0.2, 0.25) is 17.7 Å². The van der Waals surface area contributed by atoms with Crippen molar-refractivity contribution in [1.29, 1.82) is 0 Å². The van der Waals surface area contributed by atoms with E-state index in [1.807, 2.05) is 18.2 Å². The summed E-state index contributed by atoms with van der Waals surface area (Å²) in [6, 6.07) is 11.3. The van der Waals surface area contributed by atoms with Crippen LogP contribution in [-0.4, -0.2) is 30.8 Å². The van der Waals surface area contributed by atoms with Gasteiger partial charge in [-0.25, -0.2) is 4.39 Å². The quantitative estimate of drug-likeness (QED) is 0.889. The monoisotopic (exact) mass is 381 g/mol. The molecule has 2 aromatic rings. The van der Waals surface area contributed by atoms with Gasteiger partial charge >= 0.3 is 0 Å². The minimum absolute atomic E-state index is 0.00201. The fraction of sp³-hybridized carbons (Fsp3) is 0.286. The van der Waals surface area contributed by atoms with Crippen molar-refractivity contribution in [1.82, 2.24) is 0 Å². The van der Waals surface area contributed by atoms with E-state index >= 15 is 0 Å². The standard InChI is InChI=1S/C21H20FN3O3/c1-13(26)24-8-7-14-9-18(5-6-19(14)24)25-12-15(10-20(25)27)21(28)23-17-4-2-3-16(22)11-17/h2-6,9,11,15H,7-8,10,12H2,1H3,(H,23,28)/t15-/m0/s1. The summed E-state index contributed by atoms with van der Waals surface area (Å²) >= 11 is 0. The average molecular weight is 381 g/mol. The first-order chi connectivity index (χ1) is 13.4. The summed E-state index contributed by atoms with van der Waals surface area (Å²) in [5.74, 6) is -1.36. The molecule has 1 atom stereocenters. The maximum atomic E-state index is 13.3. The highest BCUT2D eigenvalue weighted by Gasteiger charge is 2.36. The SMILES string of the molecule is CC(=O)N1CCc2cc(N3C[C@@H](C(=O)Nc4cccc(F)c4)CC3=O)ccc21. The highest BCUT2D eigenvalue weighted by Crippen LogP contribution is 2.34. The highest BCUT2D eigenvalue weighted by molar-refractivity contribution is 6.04. The highest BCUT2D eigenvalue weighted by atomic mass is 19.1. The molecule has 2 heterocycles. The van der Waals surface area contributed by atoms with E-state index in [0.29, 0.717) is 12.2 Å². The lowest BCUT2D eigenvalue weighted by Crippen LogP contribution is -2.28. The van der Waals surface area contributed by atoms with E-state index in [2.05, 4.69) is 5.32 Å². The van der Waals surface area contributed by atoms with Gasteiger partial charge in [0.15, 0.2) is 0 Å². The van der Waals surface area contributed by atoms with Crippen molar-refractivity contribution < 1.29 is 18.8 Å². The number of benzene rings is 2. The molecule has 0 radical (unpaired) electrons. The zero-order valence-electron chi connectivity index (χ0n) is 15.4. The van der Waals surface area contributed by atoms with Crippen LogP contribution in [-0.2, 0) is 20.8 Å². The molecule has 2 aromatic carbocycles. The molecule has 0 aromatic heterocycles. The van der Waals surface area contributed by atoms with Crippen molar-refractivity contribution in [2.45, 2.75) is 19.8 Å². The third kappa shape index (κ3) is 3.35. The first-order valence-corrected chi connectivity index (χ1v) is 9.20. The molecule has 1 N–H and O–H groups in total. The number of rotatable bonds is 3. The molecule has 2 aliphatic rings. The molecule has 28 heavy (non-hydrogen) atoms. The van der Waals surface area contributed by atoms with Gasteiger partial charge in [-0.3, -0.25) is 14.4 Å². The largest absolute Gasteiger partial charge is 0.326 e. The summed E-state index contributed by atoms with van der Waals surface area (Å²) in [4.78, 5) is 40.0. The van der Waals surface area contributed by atoms with Crippen LogP contribution in [0.3, 0.4) is 0 Å².